The van der Waals surface area contributed by atoms with Crippen LogP contribution in [0.3, 0.4) is 0 Å². The van der Waals surface area contributed by atoms with Crippen LogP contribution in [0.2, 0.25) is 5.28 Å². The molecule has 0 fully saturated rings. The van der Waals surface area contributed by atoms with Gasteiger partial charge in [-0.05, 0) is 24.1 Å². The molecule has 7 nitrogen and oxygen atoms in total. The van der Waals surface area contributed by atoms with E-state index in [0.29, 0.717) is 18.5 Å². The molecule has 0 aliphatic carbocycles. The minimum absolute atomic E-state index is 0.119. The molecule has 8 heteroatoms. The quantitative estimate of drug-likeness (QED) is 0.866. The molecule has 0 amide bonds. The third kappa shape index (κ3) is 3.62. The summed E-state index contributed by atoms with van der Waals surface area (Å²) in [6.45, 7) is 2.62. The summed E-state index contributed by atoms with van der Waals surface area (Å²) in [5, 5.41) is 7.34. The van der Waals surface area contributed by atoms with E-state index in [9.17, 15) is 0 Å². The van der Waals surface area contributed by atoms with Crippen LogP contribution in [0.15, 0.2) is 18.5 Å². The number of halogens is 1. The zero-order valence-corrected chi connectivity index (χ0v) is 11.5. The smallest absolute Gasteiger partial charge is 0.256 e. The largest absolute Gasteiger partial charge is 0.383 e. The number of nitrogens with zero attached hydrogens (tertiary/aromatic N) is 5. The summed E-state index contributed by atoms with van der Waals surface area (Å²) < 4.78 is 6.64. The van der Waals surface area contributed by atoms with Gasteiger partial charge in [0.25, 0.3) is 5.95 Å². The van der Waals surface area contributed by atoms with Crippen LogP contribution >= 0.6 is 11.6 Å². The van der Waals surface area contributed by atoms with Gasteiger partial charge < -0.3 is 10.1 Å². The summed E-state index contributed by atoms with van der Waals surface area (Å²) in [5.74, 6) is 0.786. The summed E-state index contributed by atoms with van der Waals surface area (Å²) in [6, 6.07) is 1.90. The van der Waals surface area contributed by atoms with Gasteiger partial charge >= 0.3 is 0 Å². The molecule has 19 heavy (non-hydrogen) atoms. The number of aromatic nitrogens is 5. The summed E-state index contributed by atoms with van der Waals surface area (Å²) in [4.78, 5) is 12.4. The summed E-state index contributed by atoms with van der Waals surface area (Å²) in [6.07, 6.45) is 4.26. The lowest BCUT2D eigenvalue weighted by atomic mass is 10.2. The SMILES string of the molecule is CCC(COC)Nc1nc(Cl)nc(-n2cccn2)n1. The van der Waals surface area contributed by atoms with Crippen molar-refractivity contribution < 1.29 is 4.74 Å². The Morgan fingerprint density at radius 2 is 2.26 bits per heavy atom. The highest BCUT2D eigenvalue weighted by Gasteiger charge is 2.11. The fourth-order valence-electron chi connectivity index (χ4n) is 1.54. The Hall–Kier alpha value is -1.73. The second-order valence-electron chi connectivity index (χ2n) is 3.88. The molecule has 0 spiro atoms. The standard InChI is InChI=1S/C11H15ClN6O/c1-3-8(7-19-2)14-10-15-9(12)16-11(17-10)18-6-4-5-13-18/h4-6,8H,3,7H2,1-2H3,(H,14,15,16,17). The van der Waals surface area contributed by atoms with Gasteiger partial charge in [0.1, 0.15) is 0 Å². The van der Waals surface area contributed by atoms with Crippen molar-refractivity contribution in [3.8, 4) is 5.95 Å². The summed E-state index contributed by atoms with van der Waals surface area (Å²) >= 11 is 5.90. The van der Waals surface area contributed by atoms with E-state index >= 15 is 0 Å². The second kappa shape index (κ2) is 6.44. The van der Waals surface area contributed by atoms with E-state index in [1.54, 1.807) is 25.6 Å². The lowest BCUT2D eigenvalue weighted by Crippen LogP contribution is -2.25. The number of methoxy groups -OCH3 is 1. The van der Waals surface area contributed by atoms with Gasteiger partial charge in [0, 0.05) is 19.5 Å². The average Bonchev–Trinajstić information content (AvgIpc) is 2.91. The summed E-state index contributed by atoms with van der Waals surface area (Å²) in [5.41, 5.74) is 0. The maximum Gasteiger partial charge on any atom is 0.256 e. The maximum absolute atomic E-state index is 5.90. The Labute approximate surface area is 116 Å². The van der Waals surface area contributed by atoms with Crippen molar-refractivity contribution in [2.24, 2.45) is 0 Å². The number of ether oxygens (including phenoxy) is 1. The van der Waals surface area contributed by atoms with Gasteiger partial charge in [0.15, 0.2) is 0 Å². The molecule has 0 saturated heterocycles. The maximum atomic E-state index is 5.90. The first-order valence-corrected chi connectivity index (χ1v) is 6.27. The minimum atomic E-state index is 0.119. The minimum Gasteiger partial charge on any atom is -0.383 e. The zero-order valence-electron chi connectivity index (χ0n) is 10.7. The van der Waals surface area contributed by atoms with Crippen molar-refractivity contribution in [3.63, 3.8) is 0 Å². The van der Waals surface area contributed by atoms with Crippen LogP contribution in [0.1, 0.15) is 13.3 Å². The molecule has 2 aromatic rings. The Bertz CT molecular complexity index is 518. The molecule has 0 bridgehead atoms. The number of hydrogen-bond donors (Lipinski definition) is 1. The van der Waals surface area contributed by atoms with Crippen LogP contribution in [0.5, 0.6) is 0 Å². The van der Waals surface area contributed by atoms with Crippen molar-refractivity contribution in [2.45, 2.75) is 19.4 Å². The molecule has 1 N–H and O–H groups in total. The van der Waals surface area contributed by atoms with Gasteiger partial charge in [-0.15, -0.1) is 0 Å². The normalized spacial score (nSPS) is 12.4. The van der Waals surface area contributed by atoms with Gasteiger partial charge in [-0.3, -0.25) is 0 Å². The molecule has 102 valence electrons. The van der Waals surface area contributed by atoms with Gasteiger partial charge in [-0.1, -0.05) is 6.92 Å². The number of nitrogens with one attached hydrogen (secondary N) is 1. The Balaban J connectivity index is 2.21. The number of hydrogen-bond acceptors (Lipinski definition) is 6. The number of rotatable bonds is 6. The molecule has 2 heterocycles. The molecule has 0 aliphatic rings. The third-order valence-electron chi connectivity index (χ3n) is 2.50. The predicted octanol–water partition coefficient (Wildman–Crippen LogP) is 1.55. The first-order chi connectivity index (χ1) is 9.22. The third-order valence-corrected chi connectivity index (χ3v) is 2.67. The van der Waals surface area contributed by atoms with Crippen molar-refractivity contribution in [1.29, 1.82) is 0 Å². The molecule has 1 atom stereocenters. The highest BCUT2D eigenvalue weighted by atomic mass is 35.5. The van der Waals surface area contributed by atoms with Crippen molar-refractivity contribution >= 4 is 17.5 Å². The second-order valence-corrected chi connectivity index (χ2v) is 4.22. The van der Waals surface area contributed by atoms with Crippen molar-refractivity contribution in [1.82, 2.24) is 24.7 Å². The topological polar surface area (TPSA) is 77.8 Å². The van der Waals surface area contributed by atoms with E-state index in [0.717, 1.165) is 6.42 Å². The van der Waals surface area contributed by atoms with Gasteiger partial charge in [-0.25, -0.2) is 4.68 Å². The van der Waals surface area contributed by atoms with Gasteiger partial charge in [-0.2, -0.15) is 20.1 Å². The van der Waals surface area contributed by atoms with Crippen LogP contribution in [0.4, 0.5) is 5.95 Å². The van der Waals surface area contributed by atoms with Crippen LogP contribution in [-0.4, -0.2) is 44.5 Å². The fourth-order valence-corrected chi connectivity index (χ4v) is 1.69. The Morgan fingerprint density at radius 1 is 1.42 bits per heavy atom. The van der Waals surface area contributed by atoms with Gasteiger partial charge in [0.05, 0.1) is 12.6 Å². The first-order valence-electron chi connectivity index (χ1n) is 5.90. The molecular formula is C11H15ClN6O. The molecule has 2 rings (SSSR count). The van der Waals surface area contributed by atoms with Crippen molar-refractivity contribution in [3.05, 3.63) is 23.7 Å². The molecule has 0 saturated carbocycles. The molecule has 0 aliphatic heterocycles. The molecule has 0 radical (unpaired) electrons. The fraction of sp³-hybridized carbons (Fsp3) is 0.455. The highest BCUT2D eigenvalue weighted by molar-refractivity contribution is 6.28. The lowest BCUT2D eigenvalue weighted by Gasteiger charge is -2.15. The van der Waals surface area contributed by atoms with E-state index in [-0.39, 0.29) is 11.3 Å². The zero-order chi connectivity index (χ0) is 13.7. The first kappa shape index (κ1) is 13.7. The summed E-state index contributed by atoms with van der Waals surface area (Å²) in [7, 11) is 1.65. The average molecular weight is 283 g/mol. The number of anilines is 1. The molecule has 1 unspecified atom stereocenters. The van der Waals surface area contributed by atoms with E-state index in [1.807, 2.05) is 6.92 Å². The Kier molecular flexibility index (Phi) is 4.64. The monoisotopic (exact) mass is 282 g/mol. The Morgan fingerprint density at radius 3 is 2.89 bits per heavy atom. The molecular weight excluding hydrogens is 268 g/mol. The van der Waals surface area contributed by atoms with Crippen LogP contribution in [-0.2, 0) is 4.74 Å². The van der Waals surface area contributed by atoms with Crippen LogP contribution in [0, 0.1) is 0 Å². The van der Waals surface area contributed by atoms with E-state index in [2.05, 4.69) is 25.4 Å². The predicted molar refractivity (Wildman–Crippen MR) is 71.5 cm³/mol. The lowest BCUT2D eigenvalue weighted by molar-refractivity contribution is 0.184. The van der Waals surface area contributed by atoms with Gasteiger partial charge in [0.2, 0.25) is 11.2 Å². The van der Waals surface area contributed by atoms with Crippen molar-refractivity contribution in [2.75, 3.05) is 19.0 Å². The molecule has 0 aromatic carbocycles. The van der Waals surface area contributed by atoms with E-state index < -0.39 is 0 Å². The molecule has 2 aromatic heterocycles. The van der Waals surface area contributed by atoms with Crippen LogP contribution in [0.25, 0.3) is 5.95 Å². The van der Waals surface area contributed by atoms with Crippen LogP contribution < -0.4 is 5.32 Å². The van der Waals surface area contributed by atoms with E-state index in [4.69, 9.17) is 16.3 Å². The van der Waals surface area contributed by atoms with E-state index in [1.165, 1.54) is 4.68 Å². The highest BCUT2D eigenvalue weighted by Crippen LogP contribution is 2.10.